The highest BCUT2D eigenvalue weighted by molar-refractivity contribution is 5.88. The molecule has 1 amide bonds. The van der Waals surface area contributed by atoms with Gasteiger partial charge in [0.1, 0.15) is 0 Å². The lowest BCUT2D eigenvalue weighted by Crippen LogP contribution is -2.24. The Labute approximate surface area is 80.4 Å². The third kappa shape index (κ3) is 4.11. The number of rotatable bonds is 2. The fourth-order valence-electron chi connectivity index (χ4n) is 1.08. The molecular weight excluding hydrogens is 162 g/mol. The summed E-state index contributed by atoms with van der Waals surface area (Å²) < 4.78 is 0. The molecule has 0 radical (unpaired) electrons. The summed E-state index contributed by atoms with van der Waals surface area (Å²) in [6, 6.07) is 0.428. The third-order valence-electron chi connectivity index (χ3n) is 2.17. The molecule has 74 valence electrons. The van der Waals surface area contributed by atoms with Gasteiger partial charge in [0.25, 0.3) is 0 Å². The van der Waals surface area contributed by atoms with E-state index < -0.39 is 0 Å². The SMILES string of the molecule is C[C@@H]1C[C@H]1NC(=O)/C=C/C(C)(C)C. The van der Waals surface area contributed by atoms with Crippen LogP contribution in [0.15, 0.2) is 12.2 Å². The van der Waals surface area contributed by atoms with E-state index >= 15 is 0 Å². The van der Waals surface area contributed by atoms with E-state index in [2.05, 4.69) is 33.0 Å². The first kappa shape index (κ1) is 10.3. The molecule has 0 spiro atoms. The lowest BCUT2D eigenvalue weighted by atomic mass is 9.96. The van der Waals surface area contributed by atoms with Gasteiger partial charge in [-0.3, -0.25) is 4.79 Å². The average Bonchev–Trinajstić information content (AvgIpc) is 2.61. The highest BCUT2D eigenvalue weighted by Crippen LogP contribution is 2.28. The number of allylic oxidation sites excluding steroid dienone is 1. The first-order valence-corrected chi connectivity index (χ1v) is 4.88. The zero-order chi connectivity index (χ0) is 10.1. The van der Waals surface area contributed by atoms with Crippen LogP contribution >= 0.6 is 0 Å². The fourth-order valence-corrected chi connectivity index (χ4v) is 1.08. The molecule has 0 heterocycles. The summed E-state index contributed by atoms with van der Waals surface area (Å²) in [4.78, 5) is 11.3. The molecule has 0 saturated heterocycles. The van der Waals surface area contributed by atoms with Crippen molar-refractivity contribution in [1.29, 1.82) is 0 Å². The van der Waals surface area contributed by atoms with Crippen molar-refractivity contribution < 1.29 is 4.79 Å². The van der Waals surface area contributed by atoms with E-state index in [-0.39, 0.29) is 11.3 Å². The van der Waals surface area contributed by atoms with Gasteiger partial charge in [0.2, 0.25) is 5.91 Å². The van der Waals surface area contributed by atoms with Gasteiger partial charge in [-0.15, -0.1) is 0 Å². The minimum atomic E-state index is 0.0456. The maximum atomic E-state index is 11.3. The topological polar surface area (TPSA) is 29.1 Å². The monoisotopic (exact) mass is 181 g/mol. The van der Waals surface area contributed by atoms with E-state index in [9.17, 15) is 4.79 Å². The Morgan fingerprint density at radius 3 is 2.38 bits per heavy atom. The molecule has 0 unspecified atom stereocenters. The second kappa shape index (κ2) is 3.52. The van der Waals surface area contributed by atoms with E-state index in [0.717, 1.165) is 6.42 Å². The molecule has 0 bridgehead atoms. The standard InChI is InChI=1S/C11H19NO/c1-8-7-9(8)12-10(13)5-6-11(2,3)4/h5-6,8-9H,7H2,1-4H3,(H,12,13)/b6-5+/t8-,9-/m1/s1. The first-order valence-electron chi connectivity index (χ1n) is 4.88. The normalized spacial score (nSPS) is 27.7. The second-order valence-corrected chi connectivity index (χ2v) is 5.03. The smallest absolute Gasteiger partial charge is 0.243 e. The molecule has 2 nitrogen and oxygen atoms in total. The van der Waals surface area contributed by atoms with Crippen molar-refractivity contribution in [2.75, 3.05) is 0 Å². The van der Waals surface area contributed by atoms with Crippen LogP contribution in [0.1, 0.15) is 34.1 Å². The van der Waals surface area contributed by atoms with Gasteiger partial charge in [0.05, 0.1) is 0 Å². The van der Waals surface area contributed by atoms with Gasteiger partial charge in [0, 0.05) is 6.04 Å². The summed E-state index contributed by atoms with van der Waals surface area (Å²) in [6.07, 6.45) is 4.72. The Balaban J connectivity index is 2.29. The minimum absolute atomic E-state index is 0.0456. The molecule has 13 heavy (non-hydrogen) atoms. The van der Waals surface area contributed by atoms with Gasteiger partial charge in [-0.25, -0.2) is 0 Å². The van der Waals surface area contributed by atoms with Crippen molar-refractivity contribution in [3.63, 3.8) is 0 Å². The zero-order valence-electron chi connectivity index (χ0n) is 8.92. The quantitative estimate of drug-likeness (QED) is 0.649. The largest absolute Gasteiger partial charge is 0.350 e. The Morgan fingerprint density at radius 1 is 1.46 bits per heavy atom. The Morgan fingerprint density at radius 2 is 2.00 bits per heavy atom. The average molecular weight is 181 g/mol. The molecule has 2 atom stereocenters. The Kier molecular flexibility index (Phi) is 2.79. The van der Waals surface area contributed by atoms with Crippen molar-refractivity contribution in [3.05, 3.63) is 12.2 Å². The van der Waals surface area contributed by atoms with E-state index in [4.69, 9.17) is 0 Å². The van der Waals surface area contributed by atoms with Crippen molar-refractivity contribution in [1.82, 2.24) is 5.32 Å². The molecule has 1 aliphatic rings. The molecule has 1 saturated carbocycles. The predicted octanol–water partition coefficient (Wildman–Crippen LogP) is 2.11. The number of carbonyl (C=O) groups excluding carboxylic acids is 1. The lowest BCUT2D eigenvalue weighted by Gasteiger charge is -2.10. The molecule has 1 fully saturated rings. The number of hydrogen-bond acceptors (Lipinski definition) is 1. The lowest BCUT2D eigenvalue weighted by molar-refractivity contribution is -0.116. The van der Waals surface area contributed by atoms with Gasteiger partial charge >= 0.3 is 0 Å². The fraction of sp³-hybridized carbons (Fsp3) is 0.727. The van der Waals surface area contributed by atoms with Gasteiger partial charge in [-0.1, -0.05) is 33.8 Å². The summed E-state index contributed by atoms with van der Waals surface area (Å²) in [5.74, 6) is 0.719. The highest BCUT2D eigenvalue weighted by Gasteiger charge is 2.33. The number of nitrogens with one attached hydrogen (secondary N) is 1. The third-order valence-corrected chi connectivity index (χ3v) is 2.17. The summed E-state index contributed by atoms with van der Waals surface area (Å²) in [5.41, 5.74) is 0.0898. The van der Waals surface area contributed by atoms with Crippen molar-refractivity contribution in [3.8, 4) is 0 Å². The predicted molar refractivity (Wildman–Crippen MR) is 54.3 cm³/mol. The summed E-state index contributed by atoms with van der Waals surface area (Å²) in [6.45, 7) is 8.39. The molecule has 1 aliphatic carbocycles. The molecular formula is C11H19NO. The zero-order valence-corrected chi connectivity index (χ0v) is 8.92. The van der Waals surface area contributed by atoms with E-state index in [1.807, 2.05) is 6.08 Å². The molecule has 1 N–H and O–H groups in total. The number of amides is 1. The maximum absolute atomic E-state index is 11.3. The van der Waals surface area contributed by atoms with E-state index in [1.54, 1.807) is 6.08 Å². The van der Waals surface area contributed by atoms with Crippen LogP contribution in [0.2, 0.25) is 0 Å². The first-order chi connectivity index (χ1) is 5.88. The summed E-state index contributed by atoms with van der Waals surface area (Å²) >= 11 is 0. The van der Waals surface area contributed by atoms with Crippen LogP contribution in [0.5, 0.6) is 0 Å². The van der Waals surface area contributed by atoms with Crippen LogP contribution in [0, 0.1) is 11.3 Å². The second-order valence-electron chi connectivity index (χ2n) is 5.03. The van der Waals surface area contributed by atoms with Crippen LogP contribution in [-0.2, 0) is 4.79 Å². The molecule has 0 aromatic heterocycles. The minimum Gasteiger partial charge on any atom is -0.350 e. The van der Waals surface area contributed by atoms with E-state index in [1.165, 1.54) is 0 Å². The van der Waals surface area contributed by atoms with Gasteiger partial charge in [-0.05, 0) is 23.8 Å². The van der Waals surface area contributed by atoms with Crippen LogP contribution in [-0.4, -0.2) is 11.9 Å². The molecule has 0 aliphatic heterocycles. The van der Waals surface area contributed by atoms with Gasteiger partial charge < -0.3 is 5.32 Å². The Hall–Kier alpha value is -0.790. The van der Waals surface area contributed by atoms with Crippen LogP contribution < -0.4 is 5.32 Å². The highest BCUT2D eigenvalue weighted by atomic mass is 16.1. The Bertz CT molecular complexity index is 225. The van der Waals surface area contributed by atoms with Crippen LogP contribution in [0.3, 0.4) is 0 Å². The van der Waals surface area contributed by atoms with Crippen molar-refractivity contribution in [2.45, 2.75) is 40.2 Å². The van der Waals surface area contributed by atoms with Gasteiger partial charge in [-0.2, -0.15) is 0 Å². The van der Waals surface area contributed by atoms with Crippen LogP contribution in [0.4, 0.5) is 0 Å². The maximum Gasteiger partial charge on any atom is 0.243 e. The van der Waals surface area contributed by atoms with E-state index in [0.29, 0.717) is 12.0 Å². The summed E-state index contributed by atoms with van der Waals surface area (Å²) in [7, 11) is 0. The molecule has 2 heteroatoms. The number of carbonyl (C=O) groups is 1. The summed E-state index contributed by atoms with van der Waals surface area (Å²) in [5, 5.41) is 2.95. The van der Waals surface area contributed by atoms with Crippen molar-refractivity contribution in [2.24, 2.45) is 11.3 Å². The van der Waals surface area contributed by atoms with Gasteiger partial charge in [0.15, 0.2) is 0 Å². The molecule has 0 aromatic rings. The molecule has 0 aromatic carbocycles. The molecule has 1 rings (SSSR count). The van der Waals surface area contributed by atoms with Crippen molar-refractivity contribution >= 4 is 5.91 Å². The number of hydrogen-bond donors (Lipinski definition) is 1. The van der Waals surface area contributed by atoms with Crippen LogP contribution in [0.25, 0.3) is 0 Å².